The summed E-state index contributed by atoms with van der Waals surface area (Å²) in [6, 6.07) is 12.0. The van der Waals surface area contributed by atoms with Gasteiger partial charge in [-0.1, -0.05) is 32.4 Å². The molecule has 4 aromatic rings. The van der Waals surface area contributed by atoms with Gasteiger partial charge in [-0.05, 0) is 114 Å². The predicted molar refractivity (Wildman–Crippen MR) is 214 cm³/mol. The van der Waals surface area contributed by atoms with Crippen molar-refractivity contribution in [1.82, 2.24) is 29.7 Å². The van der Waals surface area contributed by atoms with Gasteiger partial charge in [0.15, 0.2) is 5.82 Å². The molecule has 1 atom stereocenters. The van der Waals surface area contributed by atoms with Gasteiger partial charge in [0.05, 0.1) is 28.6 Å². The number of aryl methyl sites for hydroxylation is 1. The monoisotopic (exact) mass is 750 g/mol. The molecule has 2 aromatic heterocycles. The number of aliphatic hydroxyl groups is 1. The second-order valence-corrected chi connectivity index (χ2v) is 16.3. The van der Waals surface area contributed by atoms with E-state index in [1.54, 1.807) is 19.3 Å². The van der Waals surface area contributed by atoms with E-state index in [4.69, 9.17) is 9.97 Å². The lowest BCUT2D eigenvalue weighted by atomic mass is 9.73. The van der Waals surface area contributed by atoms with Crippen LogP contribution in [0.4, 0.5) is 21.6 Å². The minimum Gasteiger partial charge on any atom is -0.374 e. The van der Waals surface area contributed by atoms with Gasteiger partial charge in [-0.2, -0.15) is 0 Å². The summed E-state index contributed by atoms with van der Waals surface area (Å²) in [4.78, 5) is 44.1. The highest BCUT2D eigenvalue weighted by Crippen LogP contribution is 2.52. The maximum atomic E-state index is 15.7. The maximum Gasteiger partial charge on any atom is 0.238 e. The number of aliphatic hydroxyl groups excluding tert-OH is 1. The van der Waals surface area contributed by atoms with Gasteiger partial charge in [0.2, 0.25) is 11.8 Å². The lowest BCUT2D eigenvalue weighted by Gasteiger charge is -2.48. The molecule has 2 saturated heterocycles. The Kier molecular flexibility index (Phi) is 10.2. The molecule has 1 saturated carbocycles. The van der Waals surface area contributed by atoms with E-state index in [0.29, 0.717) is 73.1 Å². The molecule has 292 valence electrons. The Morgan fingerprint density at radius 1 is 1.02 bits per heavy atom. The van der Waals surface area contributed by atoms with E-state index in [9.17, 15) is 14.7 Å². The van der Waals surface area contributed by atoms with E-state index in [1.165, 1.54) is 25.3 Å². The van der Waals surface area contributed by atoms with Gasteiger partial charge >= 0.3 is 0 Å². The van der Waals surface area contributed by atoms with Crippen molar-refractivity contribution in [3.8, 4) is 11.3 Å². The van der Waals surface area contributed by atoms with E-state index < -0.39 is 17.5 Å². The van der Waals surface area contributed by atoms with E-state index >= 15 is 4.39 Å². The molecule has 0 bridgehead atoms. The maximum absolute atomic E-state index is 15.7. The summed E-state index contributed by atoms with van der Waals surface area (Å²) in [5, 5.41) is 17.1. The highest BCUT2D eigenvalue weighted by atomic mass is 19.1. The molecule has 12 heteroatoms. The third-order valence-electron chi connectivity index (χ3n) is 12.7. The fourth-order valence-electron chi connectivity index (χ4n) is 9.51. The standard InChI is InChI=1S/C43H55FN8O3/c1-6-38(53)50-17-13-43(14-18-50)32-12-11-28(20-37(32)52(42(43)55)30-21-29(22-30)49-15-9-8-10-16-49)34-24-36-39(51(25-46-36)26(3)4)40(47-34)48-35-23-31(41(54)45-7-2)27(5)19-33(35)44/h11-12,19-20,23-26,29-30,41,45,54H,6-10,13-18,21-22H2,1-5H3,(H,47,48). The number of carbonyl (C=O) groups is 2. The quantitative estimate of drug-likeness (QED) is 0.147. The van der Waals surface area contributed by atoms with Crippen molar-refractivity contribution in [1.29, 1.82) is 0 Å². The number of hydrogen-bond donors (Lipinski definition) is 3. The largest absolute Gasteiger partial charge is 0.374 e. The SMILES string of the molecule is CCNC(O)c1cc(Nc2nc(-c3ccc4c(c3)N(C3CC(N5CCCCC5)C3)C(=O)C43CCN(C(=O)CC)CC3)cc3ncn(C(C)C)c23)c(F)cc1C. The topological polar surface area (TPSA) is 119 Å². The summed E-state index contributed by atoms with van der Waals surface area (Å²) in [6.45, 7) is 13.7. The molecule has 3 N–H and O–H groups in total. The molecule has 55 heavy (non-hydrogen) atoms. The van der Waals surface area contributed by atoms with Crippen LogP contribution >= 0.6 is 0 Å². The number of aromatic nitrogens is 3. The molecule has 8 rings (SSSR count). The first-order chi connectivity index (χ1) is 26.5. The Hall–Kier alpha value is -4.39. The lowest BCUT2D eigenvalue weighted by molar-refractivity contribution is -0.135. The third-order valence-corrected chi connectivity index (χ3v) is 12.7. The molecular formula is C43H55FN8O3. The van der Waals surface area contributed by atoms with E-state index in [-0.39, 0.29) is 29.6 Å². The number of anilines is 3. The highest BCUT2D eigenvalue weighted by Gasteiger charge is 2.55. The van der Waals surface area contributed by atoms with Gasteiger partial charge in [-0.25, -0.2) is 14.4 Å². The second-order valence-electron chi connectivity index (χ2n) is 16.3. The van der Waals surface area contributed by atoms with E-state index in [1.807, 2.05) is 35.4 Å². The molecule has 1 unspecified atom stereocenters. The van der Waals surface area contributed by atoms with Crippen molar-refractivity contribution in [2.24, 2.45) is 0 Å². The molecule has 3 fully saturated rings. The molecule has 5 heterocycles. The molecule has 1 spiro atoms. The fraction of sp³-hybridized carbons (Fsp3) is 0.535. The first-order valence-corrected chi connectivity index (χ1v) is 20.4. The molecule has 4 aliphatic rings. The Labute approximate surface area is 323 Å². The Morgan fingerprint density at radius 3 is 2.45 bits per heavy atom. The minimum atomic E-state index is -0.947. The van der Waals surface area contributed by atoms with Crippen molar-refractivity contribution < 1.29 is 19.1 Å². The van der Waals surface area contributed by atoms with Crippen LogP contribution in [0.5, 0.6) is 0 Å². The number of hydrogen-bond acceptors (Lipinski definition) is 8. The van der Waals surface area contributed by atoms with Crippen molar-refractivity contribution in [2.75, 3.05) is 42.9 Å². The number of imidazole rings is 1. The van der Waals surface area contributed by atoms with Crippen molar-refractivity contribution in [2.45, 2.75) is 116 Å². The van der Waals surface area contributed by atoms with E-state index in [2.05, 4.69) is 46.4 Å². The zero-order chi connectivity index (χ0) is 38.6. The molecule has 2 aromatic carbocycles. The van der Waals surface area contributed by atoms with Crippen molar-refractivity contribution in [3.63, 3.8) is 0 Å². The smallest absolute Gasteiger partial charge is 0.238 e. The third kappa shape index (κ3) is 6.59. The van der Waals surface area contributed by atoms with Gasteiger partial charge < -0.3 is 29.7 Å². The van der Waals surface area contributed by atoms with Crippen LogP contribution in [-0.4, -0.2) is 86.1 Å². The van der Waals surface area contributed by atoms with Crippen LogP contribution in [0, 0.1) is 12.7 Å². The molecule has 3 aliphatic heterocycles. The molecule has 11 nitrogen and oxygen atoms in total. The number of benzene rings is 2. The van der Waals surface area contributed by atoms with E-state index in [0.717, 1.165) is 48.3 Å². The first kappa shape index (κ1) is 37.5. The van der Waals surface area contributed by atoms with Crippen LogP contribution < -0.4 is 15.5 Å². The molecule has 0 radical (unpaired) electrons. The molecule has 1 aliphatic carbocycles. The van der Waals surface area contributed by atoms with Crippen molar-refractivity contribution in [3.05, 3.63) is 65.2 Å². The van der Waals surface area contributed by atoms with Gasteiger partial charge in [0.25, 0.3) is 0 Å². The Morgan fingerprint density at radius 2 is 1.76 bits per heavy atom. The summed E-state index contributed by atoms with van der Waals surface area (Å²) in [5.74, 6) is 0.300. The number of likely N-dealkylation sites (tertiary alicyclic amines) is 2. The van der Waals surface area contributed by atoms with Crippen LogP contribution in [0.25, 0.3) is 22.3 Å². The highest BCUT2D eigenvalue weighted by molar-refractivity contribution is 6.09. The Balaban J connectivity index is 1.19. The summed E-state index contributed by atoms with van der Waals surface area (Å²) in [7, 11) is 0. The van der Waals surface area contributed by atoms with Gasteiger partial charge in [-0.3, -0.25) is 14.9 Å². The molecule has 2 amide bonds. The van der Waals surface area contributed by atoms with Gasteiger partial charge in [-0.15, -0.1) is 0 Å². The van der Waals surface area contributed by atoms with Gasteiger partial charge in [0, 0.05) is 54.5 Å². The van der Waals surface area contributed by atoms with Gasteiger partial charge in [0.1, 0.15) is 17.6 Å². The van der Waals surface area contributed by atoms with Crippen LogP contribution in [0.2, 0.25) is 0 Å². The minimum absolute atomic E-state index is 0.0678. The predicted octanol–water partition coefficient (Wildman–Crippen LogP) is 7.10. The zero-order valence-corrected chi connectivity index (χ0v) is 32.9. The normalized spacial score (nSPS) is 21.7. The Bertz CT molecular complexity index is 2090. The summed E-state index contributed by atoms with van der Waals surface area (Å²) >= 11 is 0. The summed E-state index contributed by atoms with van der Waals surface area (Å²) in [5.41, 5.74) is 5.70. The summed E-state index contributed by atoms with van der Waals surface area (Å²) < 4.78 is 17.7. The number of amides is 2. The number of pyridine rings is 1. The number of piperidine rings is 2. The van der Waals surface area contributed by atoms with Crippen LogP contribution in [0.1, 0.15) is 108 Å². The number of fused-ring (bicyclic) bond motifs is 3. The number of halogens is 1. The number of nitrogens with zero attached hydrogens (tertiary/aromatic N) is 6. The van der Waals surface area contributed by atoms with Crippen LogP contribution in [-0.2, 0) is 15.0 Å². The second kappa shape index (κ2) is 14.9. The number of nitrogens with one attached hydrogen (secondary N) is 2. The van der Waals surface area contributed by atoms with Crippen molar-refractivity contribution >= 4 is 40.0 Å². The van der Waals surface area contributed by atoms with Crippen LogP contribution in [0.3, 0.4) is 0 Å². The fourth-order valence-corrected chi connectivity index (χ4v) is 9.51. The molecular weight excluding hydrogens is 696 g/mol. The lowest BCUT2D eigenvalue weighted by Crippen LogP contribution is -2.58. The summed E-state index contributed by atoms with van der Waals surface area (Å²) in [6.07, 6.45) is 8.23. The number of rotatable bonds is 10. The first-order valence-electron chi connectivity index (χ1n) is 20.4. The number of carbonyl (C=O) groups excluding carboxylic acids is 2. The average Bonchev–Trinajstić information content (AvgIpc) is 3.70. The average molecular weight is 751 g/mol. The zero-order valence-electron chi connectivity index (χ0n) is 32.9. The van der Waals surface area contributed by atoms with Crippen LogP contribution in [0.15, 0.2) is 42.7 Å².